The van der Waals surface area contributed by atoms with Crippen LogP contribution in [-0.4, -0.2) is 36.8 Å². The highest BCUT2D eigenvalue weighted by molar-refractivity contribution is 7.89. The molecule has 5 nitrogen and oxygen atoms in total. The number of carbonyl (C=O) groups is 1. The van der Waals surface area contributed by atoms with Gasteiger partial charge in [0.2, 0.25) is 10.0 Å². The summed E-state index contributed by atoms with van der Waals surface area (Å²) in [6.45, 7) is 8.33. The average Bonchev–Trinajstić information content (AvgIpc) is 2.53. The van der Waals surface area contributed by atoms with Crippen molar-refractivity contribution in [2.75, 3.05) is 6.54 Å². The van der Waals surface area contributed by atoms with Crippen LogP contribution < -0.4 is 5.32 Å². The minimum absolute atomic E-state index is 0.0765. The molecule has 0 radical (unpaired) electrons. The van der Waals surface area contributed by atoms with E-state index in [1.807, 2.05) is 27.7 Å². The van der Waals surface area contributed by atoms with E-state index in [4.69, 9.17) is 0 Å². The molecule has 1 aromatic rings. The van der Waals surface area contributed by atoms with Crippen molar-refractivity contribution in [3.05, 3.63) is 29.8 Å². The van der Waals surface area contributed by atoms with Crippen molar-refractivity contribution in [1.29, 1.82) is 0 Å². The highest BCUT2D eigenvalue weighted by Crippen LogP contribution is 2.27. The highest BCUT2D eigenvalue weighted by atomic mass is 32.2. The van der Waals surface area contributed by atoms with Crippen molar-refractivity contribution in [2.24, 2.45) is 0 Å². The molecule has 0 saturated carbocycles. The van der Waals surface area contributed by atoms with E-state index in [1.54, 1.807) is 16.4 Å². The van der Waals surface area contributed by atoms with Crippen LogP contribution in [0.1, 0.15) is 63.7 Å². The Morgan fingerprint density at radius 1 is 1.21 bits per heavy atom. The smallest absolute Gasteiger partial charge is 0.251 e. The lowest BCUT2D eigenvalue weighted by Crippen LogP contribution is -2.43. The Balaban J connectivity index is 2.21. The third-order valence-electron chi connectivity index (χ3n) is 4.26. The van der Waals surface area contributed by atoms with Crippen LogP contribution in [0.15, 0.2) is 29.2 Å². The van der Waals surface area contributed by atoms with Gasteiger partial charge in [-0.25, -0.2) is 8.42 Å². The lowest BCUT2D eigenvalue weighted by molar-refractivity contribution is 0.0919. The Morgan fingerprint density at radius 2 is 1.83 bits per heavy atom. The Morgan fingerprint density at radius 3 is 2.38 bits per heavy atom. The number of nitrogens with zero attached hydrogens (tertiary/aromatic N) is 1. The van der Waals surface area contributed by atoms with Crippen LogP contribution in [-0.2, 0) is 10.0 Å². The Labute approximate surface area is 145 Å². The van der Waals surface area contributed by atoms with Gasteiger partial charge in [0.15, 0.2) is 0 Å². The fourth-order valence-corrected chi connectivity index (χ4v) is 4.79. The van der Waals surface area contributed by atoms with Gasteiger partial charge in [-0.2, -0.15) is 4.31 Å². The summed E-state index contributed by atoms with van der Waals surface area (Å²) in [5, 5.41) is 2.87. The van der Waals surface area contributed by atoms with Crippen molar-refractivity contribution in [2.45, 2.75) is 69.9 Å². The molecule has 134 valence electrons. The minimum Gasteiger partial charge on any atom is -0.347 e. The number of hydrogen-bond donors (Lipinski definition) is 1. The molecule has 1 heterocycles. The van der Waals surface area contributed by atoms with Crippen LogP contribution in [0.2, 0.25) is 0 Å². The number of rotatable bonds is 4. The first-order valence-corrected chi connectivity index (χ1v) is 10.0. The Bertz CT molecular complexity index is 675. The van der Waals surface area contributed by atoms with Crippen molar-refractivity contribution in [3.8, 4) is 0 Å². The molecule has 2 rings (SSSR count). The third-order valence-corrected chi connectivity index (χ3v) is 6.22. The summed E-state index contributed by atoms with van der Waals surface area (Å²) < 4.78 is 27.4. The van der Waals surface area contributed by atoms with Crippen LogP contribution in [0.25, 0.3) is 0 Å². The molecule has 0 aliphatic carbocycles. The van der Waals surface area contributed by atoms with E-state index in [-0.39, 0.29) is 22.4 Å². The first-order valence-electron chi connectivity index (χ1n) is 8.59. The van der Waals surface area contributed by atoms with E-state index < -0.39 is 10.0 Å². The summed E-state index contributed by atoms with van der Waals surface area (Å²) in [4.78, 5) is 12.4. The molecule has 1 unspecified atom stereocenters. The zero-order chi connectivity index (χ0) is 18.0. The second kappa shape index (κ2) is 7.23. The Kier molecular flexibility index (Phi) is 5.71. The molecule has 1 aliphatic heterocycles. The molecule has 1 N–H and O–H groups in total. The number of nitrogens with one attached hydrogen (secondary N) is 1. The molecule has 1 aromatic carbocycles. The van der Waals surface area contributed by atoms with Gasteiger partial charge in [0.05, 0.1) is 4.90 Å². The normalized spacial score (nSPS) is 19.9. The van der Waals surface area contributed by atoms with Gasteiger partial charge in [-0.1, -0.05) is 13.3 Å². The molecule has 1 saturated heterocycles. The second-order valence-corrected chi connectivity index (χ2v) is 9.29. The quantitative estimate of drug-likeness (QED) is 0.905. The number of amides is 1. The van der Waals surface area contributed by atoms with Crippen LogP contribution >= 0.6 is 0 Å². The van der Waals surface area contributed by atoms with E-state index in [0.717, 1.165) is 25.7 Å². The maximum Gasteiger partial charge on any atom is 0.251 e. The Hall–Kier alpha value is -1.40. The van der Waals surface area contributed by atoms with Gasteiger partial charge in [0.25, 0.3) is 5.91 Å². The van der Waals surface area contributed by atoms with Crippen molar-refractivity contribution >= 4 is 15.9 Å². The monoisotopic (exact) mass is 352 g/mol. The van der Waals surface area contributed by atoms with Gasteiger partial charge in [-0.15, -0.1) is 0 Å². The zero-order valence-corrected chi connectivity index (χ0v) is 15.8. The van der Waals surface area contributed by atoms with E-state index in [1.165, 1.54) is 12.1 Å². The van der Waals surface area contributed by atoms with Crippen LogP contribution in [0.3, 0.4) is 0 Å². The summed E-state index contributed by atoms with van der Waals surface area (Å²) in [6.07, 6.45) is 3.73. The van der Waals surface area contributed by atoms with Gasteiger partial charge < -0.3 is 5.32 Å². The predicted octanol–water partition coefficient (Wildman–Crippen LogP) is 3.17. The molecule has 24 heavy (non-hydrogen) atoms. The molecule has 6 heteroatoms. The number of hydrogen-bond acceptors (Lipinski definition) is 3. The first kappa shape index (κ1) is 18.9. The fraction of sp³-hybridized carbons (Fsp3) is 0.611. The van der Waals surface area contributed by atoms with E-state index >= 15 is 0 Å². The SMILES string of the molecule is CCC1CCCCN1S(=O)(=O)c1ccc(C(=O)NC(C)(C)C)cc1. The maximum absolute atomic E-state index is 12.9. The zero-order valence-electron chi connectivity index (χ0n) is 15.0. The number of piperidine rings is 1. The van der Waals surface area contributed by atoms with Gasteiger partial charge in [0.1, 0.15) is 0 Å². The summed E-state index contributed by atoms with van der Waals surface area (Å²) in [5.41, 5.74) is 0.138. The summed E-state index contributed by atoms with van der Waals surface area (Å²) in [6, 6.07) is 6.31. The fourth-order valence-electron chi connectivity index (χ4n) is 3.02. The molecule has 0 aromatic heterocycles. The lowest BCUT2D eigenvalue weighted by atomic mass is 10.0. The lowest BCUT2D eigenvalue weighted by Gasteiger charge is -2.34. The predicted molar refractivity (Wildman–Crippen MR) is 95.5 cm³/mol. The summed E-state index contributed by atoms with van der Waals surface area (Å²) in [5.74, 6) is -0.198. The van der Waals surface area contributed by atoms with Crippen molar-refractivity contribution in [1.82, 2.24) is 9.62 Å². The molecule has 0 spiro atoms. The van der Waals surface area contributed by atoms with Crippen molar-refractivity contribution < 1.29 is 13.2 Å². The number of carbonyl (C=O) groups excluding carboxylic acids is 1. The second-order valence-electron chi connectivity index (χ2n) is 7.40. The van der Waals surface area contributed by atoms with E-state index in [0.29, 0.717) is 12.1 Å². The third kappa shape index (κ3) is 4.36. The molecule has 1 amide bonds. The number of sulfonamides is 1. The van der Waals surface area contributed by atoms with Crippen molar-refractivity contribution in [3.63, 3.8) is 0 Å². The van der Waals surface area contributed by atoms with Crippen LogP contribution in [0.5, 0.6) is 0 Å². The molecule has 1 atom stereocenters. The molecule has 1 aliphatic rings. The molecular formula is C18H28N2O3S. The van der Waals surface area contributed by atoms with E-state index in [2.05, 4.69) is 5.32 Å². The largest absolute Gasteiger partial charge is 0.347 e. The van der Waals surface area contributed by atoms with E-state index in [9.17, 15) is 13.2 Å². The van der Waals surface area contributed by atoms with Crippen LogP contribution in [0.4, 0.5) is 0 Å². The number of benzene rings is 1. The maximum atomic E-state index is 12.9. The van der Waals surface area contributed by atoms with Crippen LogP contribution in [0, 0.1) is 0 Å². The molecular weight excluding hydrogens is 324 g/mol. The molecule has 1 fully saturated rings. The van der Waals surface area contributed by atoms with Gasteiger partial charge in [-0.3, -0.25) is 4.79 Å². The topological polar surface area (TPSA) is 66.5 Å². The standard InChI is InChI=1S/C18H28N2O3S/c1-5-15-8-6-7-13-20(15)24(22,23)16-11-9-14(10-12-16)17(21)19-18(2,3)4/h9-12,15H,5-8,13H2,1-4H3,(H,19,21). The highest BCUT2D eigenvalue weighted by Gasteiger charge is 2.32. The minimum atomic E-state index is -3.50. The summed E-state index contributed by atoms with van der Waals surface area (Å²) >= 11 is 0. The van der Waals surface area contributed by atoms with Gasteiger partial charge in [-0.05, 0) is 64.3 Å². The van der Waals surface area contributed by atoms with Gasteiger partial charge >= 0.3 is 0 Å². The van der Waals surface area contributed by atoms with Gasteiger partial charge in [0, 0.05) is 23.7 Å². The summed E-state index contributed by atoms with van der Waals surface area (Å²) in [7, 11) is -3.50. The molecule has 0 bridgehead atoms. The average molecular weight is 353 g/mol. The first-order chi connectivity index (χ1) is 11.1.